The van der Waals surface area contributed by atoms with Gasteiger partial charge in [0.25, 0.3) is 0 Å². The summed E-state index contributed by atoms with van der Waals surface area (Å²) in [5.41, 5.74) is 1.000. The summed E-state index contributed by atoms with van der Waals surface area (Å²) in [5.74, 6) is 0. The van der Waals surface area contributed by atoms with Crippen molar-refractivity contribution in [2.75, 3.05) is 13.1 Å². The molecule has 6 heteroatoms. The number of piperidine rings is 1. The van der Waals surface area contributed by atoms with Gasteiger partial charge in [0, 0.05) is 25.5 Å². The molecule has 1 aliphatic carbocycles. The van der Waals surface area contributed by atoms with Crippen molar-refractivity contribution in [1.82, 2.24) is 20.2 Å². The van der Waals surface area contributed by atoms with Gasteiger partial charge in [-0.3, -0.25) is 4.98 Å². The standard InChI is InChI=1S/C15H21ClN4O/c16-13-12(17-7-8-18-13)10-19-14(21)20-9-3-6-15(11-20)4-1-2-5-15/h7-8H,1-6,9-11H2,(H,19,21). The molecule has 1 aliphatic heterocycles. The number of hydrogen-bond acceptors (Lipinski definition) is 3. The monoisotopic (exact) mass is 308 g/mol. The molecule has 0 unspecified atom stereocenters. The molecule has 3 rings (SSSR count). The molecule has 0 aromatic carbocycles. The van der Waals surface area contributed by atoms with E-state index < -0.39 is 0 Å². The Morgan fingerprint density at radius 2 is 1.95 bits per heavy atom. The molecular weight excluding hydrogens is 288 g/mol. The van der Waals surface area contributed by atoms with E-state index in [9.17, 15) is 4.79 Å². The number of nitrogens with zero attached hydrogens (tertiary/aromatic N) is 3. The van der Waals surface area contributed by atoms with Gasteiger partial charge in [0.2, 0.25) is 0 Å². The minimum atomic E-state index is -0.0114. The number of rotatable bonds is 2. The van der Waals surface area contributed by atoms with E-state index >= 15 is 0 Å². The first-order valence-electron chi connectivity index (χ1n) is 7.67. The van der Waals surface area contributed by atoms with Crippen molar-refractivity contribution in [2.45, 2.75) is 45.1 Å². The normalized spacial score (nSPS) is 20.7. The maximum Gasteiger partial charge on any atom is 0.317 e. The van der Waals surface area contributed by atoms with E-state index in [4.69, 9.17) is 11.6 Å². The summed E-state index contributed by atoms with van der Waals surface area (Å²) >= 11 is 5.95. The van der Waals surface area contributed by atoms with Crippen molar-refractivity contribution in [3.05, 3.63) is 23.2 Å². The van der Waals surface area contributed by atoms with E-state index in [1.54, 1.807) is 12.4 Å². The van der Waals surface area contributed by atoms with Crippen LogP contribution in [0.2, 0.25) is 5.15 Å². The van der Waals surface area contributed by atoms with Gasteiger partial charge in [0.05, 0.1) is 12.2 Å². The summed E-state index contributed by atoms with van der Waals surface area (Å²) in [6.07, 6.45) is 10.7. The molecule has 1 saturated heterocycles. The second-order valence-electron chi connectivity index (χ2n) is 6.18. The number of urea groups is 1. The smallest absolute Gasteiger partial charge is 0.317 e. The lowest BCUT2D eigenvalue weighted by molar-refractivity contribution is 0.109. The molecule has 0 atom stereocenters. The van der Waals surface area contributed by atoms with Crippen LogP contribution in [0.5, 0.6) is 0 Å². The SMILES string of the molecule is O=C(NCc1nccnc1Cl)N1CCCC2(CCCC2)C1. The van der Waals surface area contributed by atoms with Crippen LogP contribution in [0.4, 0.5) is 4.79 Å². The fraction of sp³-hybridized carbons (Fsp3) is 0.667. The van der Waals surface area contributed by atoms with Gasteiger partial charge in [-0.25, -0.2) is 9.78 Å². The van der Waals surface area contributed by atoms with Gasteiger partial charge in [0.15, 0.2) is 5.15 Å². The second kappa shape index (κ2) is 6.18. The minimum Gasteiger partial charge on any atom is -0.332 e. The van der Waals surface area contributed by atoms with Gasteiger partial charge < -0.3 is 10.2 Å². The number of nitrogens with one attached hydrogen (secondary N) is 1. The maximum absolute atomic E-state index is 12.3. The average molecular weight is 309 g/mol. The van der Waals surface area contributed by atoms with Crippen LogP contribution in [0.25, 0.3) is 0 Å². The topological polar surface area (TPSA) is 58.1 Å². The van der Waals surface area contributed by atoms with Crippen LogP contribution in [0.3, 0.4) is 0 Å². The average Bonchev–Trinajstić information content (AvgIpc) is 2.94. The highest BCUT2D eigenvalue weighted by Crippen LogP contribution is 2.44. The molecule has 1 spiro atoms. The summed E-state index contributed by atoms with van der Waals surface area (Å²) < 4.78 is 0. The number of aromatic nitrogens is 2. The molecular formula is C15H21ClN4O. The van der Waals surface area contributed by atoms with Gasteiger partial charge in [0.1, 0.15) is 0 Å². The summed E-state index contributed by atoms with van der Waals surface area (Å²) in [6, 6.07) is -0.0114. The Hall–Kier alpha value is -1.36. The van der Waals surface area contributed by atoms with E-state index in [1.807, 2.05) is 4.90 Å². The summed E-state index contributed by atoms with van der Waals surface area (Å²) in [4.78, 5) is 22.4. The lowest BCUT2D eigenvalue weighted by atomic mass is 9.78. The third-order valence-electron chi connectivity index (χ3n) is 4.74. The van der Waals surface area contributed by atoms with Crippen LogP contribution in [0.1, 0.15) is 44.2 Å². The zero-order valence-corrected chi connectivity index (χ0v) is 12.9. The molecule has 21 heavy (non-hydrogen) atoms. The first kappa shape index (κ1) is 14.6. The van der Waals surface area contributed by atoms with Crippen LogP contribution in [0.15, 0.2) is 12.4 Å². The van der Waals surface area contributed by atoms with Crippen LogP contribution in [0, 0.1) is 5.41 Å². The highest BCUT2D eigenvalue weighted by Gasteiger charge is 2.39. The van der Waals surface area contributed by atoms with E-state index in [0.29, 0.717) is 22.8 Å². The molecule has 0 bridgehead atoms. The molecule has 114 valence electrons. The van der Waals surface area contributed by atoms with Gasteiger partial charge >= 0.3 is 6.03 Å². The van der Waals surface area contributed by atoms with Crippen molar-refractivity contribution < 1.29 is 4.79 Å². The van der Waals surface area contributed by atoms with Crippen LogP contribution in [-0.4, -0.2) is 34.0 Å². The van der Waals surface area contributed by atoms with Crippen molar-refractivity contribution in [1.29, 1.82) is 0 Å². The van der Waals surface area contributed by atoms with Gasteiger partial charge in [-0.2, -0.15) is 0 Å². The number of halogens is 1. The van der Waals surface area contributed by atoms with E-state index in [0.717, 1.165) is 19.5 Å². The highest BCUT2D eigenvalue weighted by atomic mass is 35.5. The molecule has 1 saturated carbocycles. The number of likely N-dealkylation sites (tertiary alicyclic amines) is 1. The molecule has 2 fully saturated rings. The molecule has 5 nitrogen and oxygen atoms in total. The van der Waals surface area contributed by atoms with Crippen molar-refractivity contribution in [3.63, 3.8) is 0 Å². The van der Waals surface area contributed by atoms with Crippen molar-refractivity contribution in [3.8, 4) is 0 Å². The van der Waals surface area contributed by atoms with Crippen LogP contribution < -0.4 is 5.32 Å². The third kappa shape index (κ3) is 3.28. The number of carbonyl (C=O) groups excluding carboxylic acids is 1. The summed E-state index contributed by atoms with van der Waals surface area (Å²) in [7, 11) is 0. The third-order valence-corrected chi connectivity index (χ3v) is 5.06. The van der Waals surface area contributed by atoms with Crippen molar-refractivity contribution in [2.24, 2.45) is 5.41 Å². The zero-order valence-electron chi connectivity index (χ0n) is 12.1. The largest absolute Gasteiger partial charge is 0.332 e. The summed E-state index contributed by atoms with van der Waals surface area (Å²) in [5, 5.41) is 3.27. The molecule has 2 amide bonds. The zero-order chi connectivity index (χ0) is 14.7. The lowest BCUT2D eigenvalue weighted by Crippen LogP contribution is -2.48. The predicted molar refractivity (Wildman–Crippen MR) is 81.0 cm³/mol. The Labute approximate surface area is 130 Å². The molecule has 2 aliphatic rings. The van der Waals surface area contributed by atoms with Crippen molar-refractivity contribution >= 4 is 17.6 Å². The van der Waals surface area contributed by atoms with Gasteiger partial charge in [-0.05, 0) is 31.1 Å². The molecule has 0 radical (unpaired) electrons. The van der Waals surface area contributed by atoms with Crippen LogP contribution in [-0.2, 0) is 6.54 Å². The molecule has 1 aromatic rings. The maximum atomic E-state index is 12.3. The Morgan fingerprint density at radius 3 is 2.71 bits per heavy atom. The molecule has 2 heterocycles. The highest BCUT2D eigenvalue weighted by molar-refractivity contribution is 6.29. The van der Waals surface area contributed by atoms with E-state index in [-0.39, 0.29) is 6.03 Å². The Kier molecular flexibility index (Phi) is 4.29. The number of hydrogen-bond donors (Lipinski definition) is 1. The lowest BCUT2D eigenvalue weighted by Gasteiger charge is -2.40. The Balaban J connectivity index is 1.57. The van der Waals surface area contributed by atoms with E-state index in [1.165, 1.54) is 32.1 Å². The minimum absolute atomic E-state index is 0.0114. The summed E-state index contributed by atoms with van der Waals surface area (Å²) in [6.45, 7) is 2.07. The van der Waals surface area contributed by atoms with E-state index in [2.05, 4.69) is 15.3 Å². The Bertz CT molecular complexity index is 516. The van der Waals surface area contributed by atoms with Gasteiger partial charge in [-0.1, -0.05) is 24.4 Å². The predicted octanol–water partition coefficient (Wildman–Crippen LogP) is 3.00. The van der Waals surface area contributed by atoms with Crippen LogP contribution >= 0.6 is 11.6 Å². The fourth-order valence-corrected chi connectivity index (χ4v) is 3.83. The Morgan fingerprint density at radius 1 is 1.24 bits per heavy atom. The van der Waals surface area contributed by atoms with Gasteiger partial charge in [-0.15, -0.1) is 0 Å². The quantitative estimate of drug-likeness (QED) is 0.913. The first-order valence-corrected chi connectivity index (χ1v) is 8.05. The number of amides is 2. The number of carbonyl (C=O) groups is 1. The second-order valence-corrected chi connectivity index (χ2v) is 6.54. The molecule has 1 aromatic heterocycles. The fourth-order valence-electron chi connectivity index (χ4n) is 3.65. The molecule has 1 N–H and O–H groups in total. The first-order chi connectivity index (χ1) is 10.2.